The van der Waals surface area contributed by atoms with Gasteiger partial charge >= 0.3 is 0 Å². The summed E-state index contributed by atoms with van der Waals surface area (Å²) >= 11 is 6.24. The van der Waals surface area contributed by atoms with E-state index < -0.39 is 6.10 Å². The van der Waals surface area contributed by atoms with Crippen LogP contribution >= 0.6 is 24.0 Å². The van der Waals surface area contributed by atoms with Crippen molar-refractivity contribution in [1.29, 1.82) is 0 Å². The normalized spacial score (nSPS) is 19.7. The lowest BCUT2D eigenvalue weighted by atomic mass is 9.95. The Morgan fingerprint density at radius 2 is 2.14 bits per heavy atom. The van der Waals surface area contributed by atoms with E-state index in [4.69, 9.17) is 16.3 Å². The van der Waals surface area contributed by atoms with Crippen molar-refractivity contribution in [2.75, 3.05) is 19.7 Å². The smallest absolute Gasteiger partial charge is 0.250 e. The fourth-order valence-corrected chi connectivity index (χ4v) is 2.56. The molecule has 1 aromatic rings. The Balaban J connectivity index is 0.00000220. The van der Waals surface area contributed by atoms with Crippen LogP contribution in [0.2, 0.25) is 5.02 Å². The molecule has 118 valence electrons. The van der Waals surface area contributed by atoms with Crippen LogP contribution in [0.5, 0.6) is 0 Å². The molecule has 2 unspecified atom stereocenters. The van der Waals surface area contributed by atoms with Crippen LogP contribution < -0.4 is 10.6 Å². The molecule has 1 aromatic carbocycles. The molecule has 1 amide bonds. The Bertz CT molecular complexity index is 463. The van der Waals surface area contributed by atoms with Crippen molar-refractivity contribution in [3.8, 4) is 0 Å². The summed E-state index contributed by atoms with van der Waals surface area (Å²) in [5.74, 6) is 0.159. The molecule has 1 heterocycles. The van der Waals surface area contributed by atoms with E-state index in [-0.39, 0.29) is 30.3 Å². The lowest BCUT2D eigenvalue weighted by Gasteiger charge is -2.28. The van der Waals surface area contributed by atoms with Crippen LogP contribution in [0.25, 0.3) is 0 Å². The molecule has 6 heteroatoms. The van der Waals surface area contributed by atoms with Crippen LogP contribution in [0.15, 0.2) is 24.3 Å². The van der Waals surface area contributed by atoms with E-state index >= 15 is 0 Å². The van der Waals surface area contributed by atoms with Crippen molar-refractivity contribution in [2.45, 2.75) is 26.0 Å². The number of hydrogen-bond acceptors (Lipinski definition) is 3. The number of morpholine rings is 1. The van der Waals surface area contributed by atoms with Crippen LogP contribution in [-0.4, -0.2) is 31.7 Å². The molecular formula is C15H22Cl2N2O2. The van der Waals surface area contributed by atoms with E-state index in [0.717, 1.165) is 12.1 Å². The Hall–Kier alpha value is -0.810. The van der Waals surface area contributed by atoms with Gasteiger partial charge in [0.15, 0.2) is 0 Å². The summed E-state index contributed by atoms with van der Waals surface area (Å²) in [4.78, 5) is 12.3. The van der Waals surface area contributed by atoms with Crippen molar-refractivity contribution in [1.82, 2.24) is 10.6 Å². The first-order valence-corrected chi connectivity index (χ1v) is 7.34. The monoisotopic (exact) mass is 332 g/mol. The Morgan fingerprint density at radius 3 is 2.71 bits per heavy atom. The first kappa shape index (κ1) is 18.2. The number of halogens is 2. The highest BCUT2D eigenvalue weighted by molar-refractivity contribution is 6.31. The zero-order valence-corrected chi connectivity index (χ0v) is 13.8. The lowest BCUT2D eigenvalue weighted by molar-refractivity contribution is -0.135. The number of nitrogens with one attached hydrogen (secondary N) is 2. The minimum Gasteiger partial charge on any atom is -0.366 e. The highest BCUT2D eigenvalue weighted by Gasteiger charge is 2.26. The van der Waals surface area contributed by atoms with E-state index in [1.165, 1.54) is 0 Å². The van der Waals surface area contributed by atoms with E-state index in [0.29, 0.717) is 18.2 Å². The molecule has 0 aromatic heterocycles. The lowest BCUT2D eigenvalue weighted by Crippen LogP contribution is -2.49. The summed E-state index contributed by atoms with van der Waals surface area (Å²) in [6.07, 6.45) is -0.424. The van der Waals surface area contributed by atoms with Gasteiger partial charge in [0.2, 0.25) is 0 Å². The van der Waals surface area contributed by atoms with Gasteiger partial charge in [0, 0.05) is 18.1 Å². The van der Waals surface area contributed by atoms with Crippen molar-refractivity contribution in [2.24, 2.45) is 5.92 Å². The zero-order valence-electron chi connectivity index (χ0n) is 12.3. The third-order valence-electron chi connectivity index (χ3n) is 3.42. The number of hydrogen-bond donors (Lipinski definition) is 2. The van der Waals surface area contributed by atoms with Gasteiger partial charge in [0.05, 0.1) is 12.6 Å². The predicted octanol–water partition coefficient (Wildman–Crippen LogP) is 2.56. The summed E-state index contributed by atoms with van der Waals surface area (Å²) in [7, 11) is 0. The van der Waals surface area contributed by atoms with Crippen LogP contribution in [0.3, 0.4) is 0 Å². The van der Waals surface area contributed by atoms with E-state index in [2.05, 4.69) is 24.5 Å². The number of ether oxygens (including phenoxy) is 1. The molecule has 0 radical (unpaired) electrons. The topological polar surface area (TPSA) is 50.4 Å². The number of carbonyl (C=O) groups excluding carboxylic acids is 1. The van der Waals surface area contributed by atoms with Gasteiger partial charge in [0.25, 0.3) is 5.91 Å². The maximum absolute atomic E-state index is 12.3. The summed E-state index contributed by atoms with van der Waals surface area (Å²) in [5.41, 5.74) is 0.946. The average molecular weight is 333 g/mol. The Labute approximate surface area is 137 Å². The third kappa shape index (κ3) is 4.85. The molecule has 1 aliphatic heterocycles. The molecule has 0 aliphatic carbocycles. The molecule has 1 fully saturated rings. The molecule has 2 N–H and O–H groups in total. The quantitative estimate of drug-likeness (QED) is 0.890. The van der Waals surface area contributed by atoms with Gasteiger partial charge in [-0.2, -0.15) is 0 Å². The molecule has 21 heavy (non-hydrogen) atoms. The van der Waals surface area contributed by atoms with Crippen molar-refractivity contribution in [3.05, 3.63) is 34.9 Å². The molecule has 1 saturated heterocycles. The van der Waals surface area contributed by atoms with Crippen LogP contribution in [-0.2, 0) is 9.53 Å². The number of amides is 1. The fourth-order valence-electron chi connectivity index (χ4n) is 2.31. The molecule has 0 spiro atoms. The maximum atomic E-state index is 12.3. The van der Waals surface area contributed by atoms with Gasteiger partial charge in [0.1, 0.15) is 6.10 Å². The second-order valence-electron chi connectivity index (χ2n) is 5.32. The summed E-state index contributed by atoms with van der Waals surface area (Å²) < 4.78 is 5.48. The standard InChI is InChI=1S/C15H21ClN2O2.ClH/c1-10(2)14(11-5-3-4-6-12(11)16)18-15(19)13-9-17-7-8-20-13;/h3-6,10,13-14,17H,7-9H2,1-2H3,(H,18,19);1H. The third-order valence-corrected chi connectivity index (χ3v) is 3.77. The second-order valence-corrected chi connectivity index (χ2v) is 5.72. The summed E-state index contributed by atoms with van der Waals surface area (Å²) in [6.45, 7) is 6.04. The largest absolute Gasteiger partial charge is 0.366 e. The highest BCUT2D eigenvalue weighted by atomic mass is 35.5. The van der Waals surface area contributed by atoms with Crippen molar-refractivity contribution < 1.29 is 9.53 Å². The second kappa shape index (κ2) is 8.59. The van der Waals surface area contributed by atoms with E-state index in [1.54, 1.807) is 0 Å². The first-order chi connectivity index (χ1) is 9.59. The summed E-state index contributed by atoms with van der Waals surface area (Å²) in [6, 6.07) is 7.51. The molecule has 0 saturated carbocycles. The highest BCUT2D eigenvalue weighted by Crippen LogP contribution is 2.28. The van der Waals surface area contributed by atoms with Crippen molar-refractivity contribution in [3.63, 3.8) is 0 Å². The average Bonchev–Trinajstić information content (AvgIpc) is 2.46. The minimum atomic E-state index is -0.424. The Kier molecular flexibility index (Phi) is 7.46. The summed E-state index contributed by atoms with van der Waals surface area (Å²) in [5, 5.41) is 6.89. The van der Waals surface area contributed by atoms with Crippen LogP contribution in [0.1, 0.15) is 25.5 Å². The number of benzene rings is 1. The molecule has 4 nitrogen and oxygen atoms in total. The molecule has 2 atom stereocenters. The predicted molar refractivity (Wildman–Crippen MR) is 87.0 cm³/mol. The van der Waals surface area contributed by atoms with Gasteiger partial charge in [-0.25, -0.2) is 0 Å². The van der Waals surface area contributed by atoms with E-state index in [9.17, 15) is 4.79 Å². The van der Waals surface area contributed by atoms with E-state index in [1.807, 2.05) is 24.3 Å². The SMILES string of the molecule is CC(C)C(NC(=O)C1CNCCO1)c1ccccc1Cl.Cl. The first-order valence-electron chi connectivity index (χ1n) is 6.96. The number of carbonyl (C=O) groups is 1. The van der Waals surface area contributed by atoms with Gasteiger partial charge in [-0.05, 0) is 17.5 Å². The molecule has 0 bridgehead atoms. The molecule has 1 aliphatic rings. The van der Waals surface area contributed by atoms with Gasteiger partial charge in [-0.1, -0.05) is 43.6 Å². The van der Waals surface area contributed by atoms with Gasteiger partial charge in [-0.3, -0.25) is 4.79 Å². The zero-order chi connectivity index (χ0) is 14.5. The Morgan fingerprint density at radius 1 is 1.43 bits per heavy atom. The van der Waals surface area contributed by atoms with Gasteiger partial charge < -0.3 is 15.4 Å². The fraction of sp³-hybridized carbons (Fsp3) is 0.533. The van der Waals surface area contributed by atoms with Gasteiger partial charge in [-0.15, -0.1) is 12.4 Å². The van der Waals surface area contributed by atoms with Crippen LogP contribution in [0.4, 0.5) is 0 Å². The number of rotatable bonds is 4. The maximum Gasteiger partial charge on any atom is 0.250 e. The van der Waals surface area contributed by atoms with Crippen LogP contribution in [0, 0.1) is 5.92 Å². The van der Waals surface area contributed by atoms with Crippen molar-refractivity contribution >= 4 is 29.9 Å². The molecular weight excluding hydrogens is 311 g/mol. The molecule has 2 rings (SSSR count). The minimum absolute atomic E-state index is 0.